The molecule has 0 spiro atoms. The summed E-state index contributed by atoms with van der Waals surface area (Å²) >= 11 is 0. The normalized spacial score (nSPS) is 12.1. The Labute approximate surface area is 172 Å². The number of amides is 1. The molecule has 7 heteroatoms. The highest BCUT2D eigenvalue weighted by atomic mass is 16.7. The van der Waals surface area contributed by atoms with Crippen LogP contribution < -0.4 is 19.5 Å². The third kappa shape index (κ3) is 3.53. The van der Waals surface area contributed by atoms with Crippen LogP contribution in [0.15, 0.2) is 72.8 Å². The van der Waals surface area contributed by atoms with Crippen molar-refractivity contribution in [2.75, 3.05) is 18.7 Å². The molecule has 2 heterocycles. The smallest absolute Gasteiger partial charge is 0.276 e. The summed E-state index contributed by atoms with van der Waals surface area (Å²) in [5.74, 6) is 1.80. The van der Waals surface area contributed by atoms with E-state index in [4.69, 9.17) is 14.2 Å². The van der Waals surface area contributed by atoms with Gasteiger partial charge in [-0.1, -0.05) is 36.4 Å². The van der Waals surface area contributed by atoms with Crippen molar-refractivity contribution >= 4 is 22.5 Å². The van der Waals surface area contributed by atoms with Crippen LogP contribution in [0.4, 0.5) is 5.69 Å². The molecule has 150 valence electrons. The van der Waals surface area contributed by atoms with Crippen LogP contribution in [0.25, 0.3) is 10.9 Å². The summed E-state index contributed by atoms with van der Waals surface area (Å²) in [6.07, 6.45) is 0. The Balaban J connectivity index is 1.35. The van der Waals surface area contributed by atoms with E-state index in [1.165, 1.54) is 0 Å². The Kier molecular flexibility index (Phi) is 4.69. The van der Waals surface area contributed by atoms with Crippen molar-refractivity contribution in [3.8, 4) is 17.2 Å². The lowest BCUT2D eigenvalue weighted by molar-refractivity contribution is 0.102. The van der Waals surface area contributed by atoms with Crippen LogP contribution >= 0.6 is 0 Å². The van der Waals surface area contributed by atoms with Gasteiger partial charge in [-0.25, -0.2) is 0 Å². The number of benzene rings is 3. The number of aromatic nitrogens is 2. The van der Waals surface area contributed by atoms with Crippen LogP contribution in [0.3, 0.4) is 0 Å². The zero-order valence-electron chi connectivity index (χ0n) is 16.1. The quantitative estimate of drug-likeness (QED) is 0.527. The van der Waals surface area contributed by atoms with E-state index in [1.54, 1.807) is 22.9 Å². The number of hydrogen-bond acceptors (Lipinski definition) is 5. The van der Waals surface area contributed by atoms with Crippen LogP contribution in [0.1, 0.15) is 10.5 Å². The molecule has 1 aliphatic rings. The zero-order chi connectivity index (χ0) is 20.3. The van der Waals surface area contributed by atoms with E-state index in [0.29, 0.717) is 36.0 Å². The van der Waals surface area contributed by atoms with Gasteiger partial charge in [-0.3, -0.25) is 9.48 Å². The summed E-state index contributed by atoms with van der Waals surface area (Å²) in [4.78, 5) is 12.9. The molecule has 3 aromatic carbocycles. The molecule has 0 radical (unpaired) electrons. The van der Waals surface area contributed by atoms with Gasteiger partial charge < -0.3 is 19.5 Å². The Morgan fingerprint density at radius 3 is 2.70 bits per heavy atom. The van der Waals surface area contributed by atoms with Gasteiger partial charge in [0, 0.05) is 17.1 Å². The number of carbonyl (C=O) groups is 1. The Morgan fingerprint density at radius 1 is 1.00 bits per heavy atom. The summed E-state index contributed by atoms with van der Waals surface area (Å²) < 4.78 is 18.3. The molecule has 0 saturated heterocycles. The number of ether oxygens (including phenoxy) is 3. The van der Waals surface area contributed by atoms with Gasteiger partial charge in [0.1, 0.15) is 12.4 Å². The van der Waals surface area contributed by atoms with Crippen molar-refractivity contribution < 1.29 is 19.0 Å². The first-order valence-corrected chi connectivity index (χ1v) is 9.62. The lowest BCUT2D eigenvalue weighted by atomic mass is 10.2. The molecule has 4 aromatic rings. The molecule has 0 aliphatic carbocycles. The second kappa shape index (κ2) is 7.79. The van der Waals surface area contributed by atoms with Crippen LogP contribution in [0.5, 0.6) is 17.2 Å². The lowest BCUT2D eigenvalue weighted by Gasteiger charge is -2.07. The first kappa shape index (κ1) is 18.1. The van der Waals surface area contributed by atoms with E-state index in [9.17, 15) is 4.79 Å². The third-order valence-electron chi connectivity index (χ3n) is 4.82. The first-order valence-electron chi connectivity index (χ1n) is 9.62. The highest BCUT2D eigenvalue weighted by molar-refractivity contribution is 6.11. The van der Waals surface area contributed by atoms with Crippen LogP contribution in [-0.2, 0) is 6.54 Å². The molecule has 1 aliphatic heterocycles. The maximum atomic E-state index is 12.9. The number of para-hydroxylation sites is 2. The largest absolute Gasteiger partial charge is 0.492 e. The summed E-state index contributed by atoms with van der Waals surface area (Å²) in [5, 5.41) is 8.24. The standard InChI is InChI=1S/C23H19N3O4/c27-23(24-16-10-11-20-21(14-16)30-15-29-20)22-18-8-4-5-9-19(18)26(25-22)12-13-28-17-6-2-1-3-7-17/h1-11,14H,12-13,15H2,(H,24,27). The maximum absolute atomic E-state index is 12.9. The van der Waals surface area contributed by atoms with E-state index in [0.717, 1.165) is 16.7 Å². The predicted molar refractivity (Wildman–Crippen MR) is 112 cm³/mol. The molecule has 0 bridgehead atoms. The zero-order valence-corrected chi connectivity index (χ0v) is 16.1. The van der Waals surface area contributed by atoms with Crippen LogP contribution in [-0.4, -0.2) is 29.1 Å². The average Bonchev–Trinajstić information content (AvgIpc) is 3.39. The fraction of sp³-hybridized carbons (Fsp3) is 0.130. The van der Waals surface area contributed by atoms with Crippen LogP contribution in [0.2, 0.25) is 0 Å². The number of rotatable bonds is 6. The van der Waals surface area contributed by atoms with Gasteiger partial charge in [-0.05, 0) is 30.3 Å². The number of hydrogen-bond donors (Lipinski definition) is 1. The van der Waals surface area contributed by atoms with Gasteiger partial charge in [-0.15, -0.1) is 0 Å². The fourth-order valence-corrected chi connectivity index (χ4v) is 3.40. The second-order valence-corrected chi connectivity index (χ2v) is 6.77. The van der Waals surface area contributed by atoms with Crippen molar-refractivity contribution in [3.63, 3.8) is 0 Å². The van der Waals surface area contributed by atoms with Gasteiger partial charge in [-0.2, -0.15) is 5.10 Å². The highest BCUT2D eigenvalue weighted by Gasteiger charge is 2.19. The summed E-state index contributed by atoms with van der Waals surface area (Å²) in [5.41, 5.74) is 1.86. The van der Waals surface area contributed by atoms with E-state index in [1.807, 2.05) is 54.6 Å². The SMILES string of the molecule is O=C(Nc1ccc2c(c1)OCO2)c1nn(CCOc2ccccc2)c2ccccc12. The average molecular weight is 401 g/mol. The third-order valence-corrected chi connectivity index (χ3v) is 4.82. The van der Waals surface area contributed by atoms with E-state index < -0.39 is 0 Å². The van der Waals surface area contributed by atoms with Gasteiger partial charge in [0.2, 0.25) is 6.79 Å². The van der Waals surface area contributed by atoms with Crippen molar-refractivity contribution in [2.45, 2.75) is 6.54 Å². The second-order valence-electron chi connectivity index (χ2n) is 6.77. The molecule has 1 amide bonds. The molecule has 0 atom stereocenters. The molecular formula is C23H19N3O4. The van der Waals surface area contributed by atoms with Crippen molar-refractivity contribution in [3.05, 3.63) is 78.5 Å². The van der Waals surface area contributed by atoms with E-state index >= 15 is 0 Å². The summed E-state index contributed by atoms with van der Waals surface area (Å²) in [7, 11) is 0. The molecule has 5 rings (SSSR count). The molecule has 1 N–H and O–H groups in total. The Bertz CT molecular complexity index is 1200. The predicted octanol–water partition coefficient (Wildman–Crippen LogP) is 4.10. The maximum Gasteiger partial charge on any atom is 0.276 e. The Hall–Kier alpha value is -4.00. The molecule has 7 nitrogen and oxygen atoms in total. The fourth-order valence-electron chi connectivity index (χ4n) is 3.40. The molecule has 0 unspecified atom stereocenters. The van der Waals surface area contributed by atoms with Gasteiger partial charge in [0.25, 0.3) is 5.91 Å². The number of anilines is 1. The van der Waals surface area contributed by atoms with E-state index in [2.05, 4.69) is 10.4 Å². The van der Waals surface area contributed by atoms with E-state index in [-0.39, 0.29) is 12.7 Å². The van der Waals surface area contributed by atoms with Gasteiger partial charge >= 0.3 is 0 Å². The number of nitrogens with zero attached hydrogens (tertiary/aromatic N) is 2. The van der Waals surface area contributed by atoms with Crippen molar-refractivity contribution in [1.29, 1.82) is 0 Å². The Morgan fingerprint density at radius 2 is 1.80 bits per heavy atom. The summed E-state index contributed by atoms with van der Waals surface area (Å²) in [6.45, 7) is 1.15. The number of carbonyl (C=O) groups excluding carboxylic acids is 1. The summed E-state index contributed by atoms with van der Waals surface area (Å²) in [6, 6.07) is 22.6. The monoisotopic (exact) mass is 401 g/mol. The van der Waals surface area contributed by atoms with Crippen molar-refractivity contribution in [2.24, 2.45) is 0 Å². The molecule has 0 fully saturated rings. The lowest BCUT2D eigenvalue weighted by Crippen LogP contribution is -2.15. The van der Waals surface area contributed by atoms with Crippen molar-refractivity contribution in [1.82, 2.24) is 9.78 Å². The topological polar surface area (TPSA) is 74.6 Å². The molecular weight excluding hydrogens is 382 g/mol. The van der Waals surface area contributed by atoms with Gasteiger partial charge in [0.05, 0.1) is 12.1 Å². The molecule has 30 heavy (non-hydrogen) atoms. The van der Waals surface area contributed by atoms with Crippen LogP contribution in [0, 0.1) is 0 Å². The molecule has 1 aromatic heterocycles. The number of fused-ring (bicyclic) bond motifs is 2. The minimum Gasteiger partial charge on any atom is -0.492 e. The number of nitrogens with one attached hydrogen (secondary N) is 1. The van der Waals surface area contributed by atoms with Gasteiger partial charge in [0.15, 0.2) is 17.2 Å². The highest BCUT2D eigenvalue weighted by Crippen LogP contribution is 2.34. The first-order chi connectivity index (χ1) is 14.8. The molecule has 0 saturated carbocycles. The minimum absolute atomic E-state index is 0.187. The minimum atomic E-state index is -0.284.